The molecule has 0 N–H and O–H groups in total. The molecule has 8 aromatic rings. The Morgan fingerprint density at radius 2 is 1.09 bits per heavy atom. The molecule has 0 radical (unpaired) electrons. The average Bonchev–Trinajstić information content (AvgIpc) is 3.59. The van der Waals surface area contributed by atoms with E-state index in [4.69, 9.17) is 0 Å². The lowest BCUT2D eigenvalue weighted by molar-refractivity contribution is 0.770. The second-order valence-corrected chi connectivity index (χ2v) is 12.8. The van der Waals surface area contributed by atoms with Crippen molar-refractivity contribution < 1.29 is 0 Å². The molecule has 0 spiro atoms. The van der Waals surface area contributed by atoms with Crippen LogP contribution in [-0.2, 0) is 5.41 Å². The maximum atomic E-state index is 3.73. The maximum Gasteiger partial charge on any atom is 0.0713 e. The van der Waals surface area contributed by atoms with Gasteiger partial charge in [0.1, 0.15) is 0 Å². The van der Waals surface area contributed by atoms with Gasteiger partial charge in [0.2, 0.25) is 0 Å². The molecule has 1 aliphatic carbocycles. The predicted octanol–water partition coefficient (Wildman–Crippen LogP) is 11.6. The van der Waals surface area contributed by atoms with Crippen LogP contribution in [0.25, 0.3) is 49.7 Å². The Morgan fingerprint density at radius 3 is 1.80 bits per heavy atom. The maximum absolute atomic E-state index is 3.73. The van der Waals surface area contributed by atoms with Crippen molar-refractivity contribution >= 4 is 37.7 Å². The lowest BCUT2D eigenvalue weighted by atomic mass is 9.67. The van der Waals surface area contributed by atoms with Gasteiger partial charge in [-0.2, -0.15) is 0 Å². The summed E-state index contributed by atoms with van der Waals surface area (Å²) in [6, 6.07) is 62.3. The predicted molar refractivity (Wildman–Crippen MR) is 191 cm³/mol. The summed E-state index contributed by atoms with van der Waals surface area (Å²) in [5, 5.41) is 2.49. The molecule has 1 heterocycles. The van der Waals surface area contributed by atoms with Crippen molar-refractivity contribution in [3.05, 3.63) is 197 Å². The third-order valence-electron chi connectivity index (χ3n) is 9.53. The van der Waals surface area contributed by atoms with Gasteiger partial charge >= 0.3 is 0 Å². The topological polar surface area (TPSA) is 4.93 Å². The number of nitrogens with zero attached hydrogens (tertiary/aromatic N) is 1. The van der Waals surface area contributed by atoms with Crippen molar-refractivity contribution in [2.24, 2.45) is 0 Å². The van der Waals surface area contributed by atoms with Crippen LogP contribution in [0.2, 0.25) is 0 Å². The van der Waals surface area contributed by atoms with Gasteiger partial charge in [-0.05, 0) is 80.9 Å². The Balaban J connectivity index is 1.39. The van der Waals surface area contributed by atoms with Gasteiger partial charge in [-0.1, -0.05) is 149 Å². The minimum absolute atomic E-state index is 0.434. The highest BCUT2D eigenvalue weighted by atomic mass is 79.9. The Hall–Kier alpha value is -5.18. The summed E-state index contributed by atoms with van der Waals surface area (Å²) in [5.41, 5.74) is 13.4. The molecule has 1 aromatic heterocycles. The highest BCUT2D eigenvalue weighted by Crippen LogP contribution is 2.56. The molecule has 0 amide bonds. The van der Waals surface area contributed by atoms with Gasteiger partial charge in [-0.25, -0.2) is 0 Å². The van der Waals surface area contributed by atoms with Crippen LogP contribution in [0.1, 0.15) is 22.3 Å². The lowest BCUT2D eigenvalue weighted by Crippen LogP contribution is -2.28. The second-order valence-electron chi connectivity index (χ2n) is 11.9. The average molecular weight is 639 g/mol. The van der Waals surface area contributed by atoms with Gasteiger partial charge in [0, 0.05) is 20.9 Å². The third-order valence-corrected chi connectivity index (χ3v) is 10.0. The molecule has 0 saturated heterocycles. The molecule has 0 aliphatic heterocycles. The van der Waals surface area contributed by atoms with E-state index in [9.17, 15) is 0 Å². The number of hydrogen-bond acceptors (Lipinski definition) is 0. The van der Waals surface area contributed by atoms with E-state index >= 15 is 0 Å². The first kappa shape index (κ1) is 26.2. The molecule has 2 heteroatoms. The van der Waals surface area contributed by atoms with Gasteiger partial charge in [-0.3, -0.25) is 0 Å². The summed E-state index contributed by atoms with van der Waals surface area (Å²) in [4.78, 5) is 0. The molecule has 1 aliphatic rings. The van der Waals surface area contributed by atoms with Crippen LogP contribution in [-0.4, -0.2) is 4.57 Å². The van der Waals surface area contributed by atoms with Crippen LogP contribution >= 0.6 is 15.9 Å². The van der Waals surface area contributed by atoms with E-state index in [0.29, 0.717) is 0 Å². The van der Waals surface area contributed by atoms with Crippen molar-refractivity contribution in [2.45, 2.75) is 5.41 Å². The standard InChI is InChI=1S/C43H28BrN/c44-33-16-11-17-34(28-33)45-41-25-23-32(27-38(41)37-24-22-30(26-42(37)45)29-12-3-1-4-13-29)43(31-14-5-2-6-15-31)39-20-9-7-18-35(39)36-19-8-10-21-40(36)43/h1-28H. The molecule has 212 valence electrons. The van der Waals surface area contributed by atoms with Crippen LogP contribution in [0, 0.1) is 0 Å². The number of aromatic nitrogens is 1. The first-order valence-electron chi connectivity index (χ1n) is 15.4. The molecule has 0 saturated carbocycles. The smallest absolute Gasteiger partial charge is 0.0713 e. The zero-order valence-electron chi connectivity index (χ0n) is 24.5. The van der Waals surface area contributed by atoms with Crippen LogP contribution in [0.5, 0.6) is 0 Å². The minimum atomic E-state index is -0.434. The number of halogens is 1. The highest BCUT2D eigenvalue weighted by Gasteiger charge is 2.46. The second kappa shape index (κ2) is 10.2. The van der Waals surface area contributed by atoms with Crippen LogP contribution in [0.4, 0.5) is 0 Å². The highest BCUT2D eigenvalue weighted by molar-refractivity contribution is 9.10. The van der Waals surface area contributed by atoms with Crippen molar-refractivity contribution in [3.8, 4) is 27.9 Å². The van der Waals surface area contributed by atoms with E-state index in [1.165, 1.54) is 66.3 Å². The molecule has 9 rings (SSSR count). The van der Waals surface area contributed by atoms with Crippen molar-refractivity contribution in [3.63, 3.8) is 0 Å². The van der Waals surface area contributed by atoms with E-state index in [1.807, 2.05) is 0 Å². The molecular weight excluding hydrogens is 610 g/mol. The van der Waals surface area contributed by atoms with Crippen LogP contribution in [0.3, 0.4) is 0 Å². The SMILES string of the molecule is Brc1cccc(-n2c3ccc(C4(c5ccccc5)c5ccccc5-c5ccccc54)cc3c3ccc(-c4ccccc4)cc32)c1. The largest absolute Gasteiger partial charge is 0.309 e. The number of rotatable bonds is 4. The van der Waals surface area contributed by atoms with E-state index in [2.05, 4.69) is 190 Å². The zero-order valence-corrected chi connectivity index (χ0v) is 26.1. The number of hydrogen-bond donors (Lipinski definition) is 0. The van der Waals surface area contributed by atoms with Gasteiger partial charge < -0.3 is 4.57 Å². The Labute approximate surface area is 271 Å². The summed E-state index contributed by atoms with van der Waals surface area (Å²) in [6.07, 6.45) is 0. The summed E-state index contributed by atoms with van der Waals surface area (Å²) < 4.78 is 3.48. The molecule has 45 heavy (non-hydrogen) atoms. The molecule has 1 nitrogen and oxygen atoms in total. The molecule has 0 unspecified atom stereocenters. The summed E-state index contributed by atoms with van der Waals surface area (Å²) in [6.45, 7) is 0. The molecule has 0 fully saturated rings. The monoisotopic (exact) mass is 637 g/mol. The van der Waals surface area contributed by atoms with Crippen LogP contribution < -0.4 is 0 Å². The quantitative estimate of drug-likeness (QED) is 0.181. The van der Waals surface area contributed by atoms with Crippen molar-refractivity contribution in [2.75, 3.05) is 0 Å². The normalized spacial score (nSPS) is 13.2. The van der Waals surface area contributed by atoms with Crippen LogP contribution in [0.15, 0.2) is 174 Å². The Bertz CT molecular complexity index is 2340. The van der Waals surface area contributed by atoms with Crippen molar-refractivity contribution in [1.29, 1.82) is 0 Å². The number of fused-ring (bicyclic) bond motifs is 6. The van der Waals surface area contributed by atoms with Gasteiger partial charge in [0.25, 0.3) is 0 Å². The zero-order chi connectivity index (χ0) is 30.0. The fraction of sp³-hybridized carbons (Fsp3) is 0.0233. The fourth-order valence-corrected chi connectivity index (χ4v) is 8.06. The molecule has 0 bridgehead atoms. The van der Waals surface area contributed by atoms with Gasteiger partial charge in [0.15, 0.2) is 0 Å². The Morgan fingerprint density at radius 1 is 0.422 bits per heavy atom. The van der Waals surface area contributed by atoms with E-state index in [0.717, 1.165) is 10.2 Å². The first-order valence-corrected chi connectivity index (χ1v) is 16.2. The first-order chi connectivity index (χ1) is 22.2. The third kappa shape index (κ3) is 3.86. The summed E-state index contributed by atoms with van der Waals surface area (Å²) in [5.74, 6) is 0. The van der Waals surface area contributed by atoms with E-state index in [1.54, 1.807) is 0 Å². The molecule has 7 aromatic carbocycles. The van der Waals surface area contributed by atoms with Gasteiger partial charge in [0.05, 0.1) is 16.4 Å². The Kier molecular flexibility index (Phi) is 5.94. The number of benzene rings is 7. The van der Waals surface area contributed by atoms with Gasteiger partial charge in [-0.15, -0.1) is 0 Å². The summed E-state index contributed by atoms with van der Waals surface area (Å²) >= 11 is 3.73. The van der Waals surface area contributed by atoms with E-state index in [-0.39, 0.29) is 0 Å². The molecular formula is C43H28BrN. The minimum Gasteiger partial charge on any atom is -0.309 e. The summed E-state index contributed by atoms with van der Waals surface area (Å²) in [7, 11) is 0. The van der Waals surface area contributed by atoms with Crippen molar-refractivity contribution in [1.82, 2.24) is 4.57 Å². The molecule has 0 atom stereocenters. The van der Waals surface area contributed by atoms with E-state index < -0.39 is 5.41 Å². The lowest BCUT2D eigenvalue weighted by Gasteiger charge is -2.34. The fourth-order valence-electron chi connectivity index (χ4n) is 7.67.